The lowest BCUT2D eigenvalue weighted by atomic mass is 10.0. The van der Waals surface area contributed by atoms with E-state index in [2.05, 4.69) is 0 Å². The van der Waals surface area contributed by atoms with E-state index in [1.54, 1.807) is 6.92 Å². The summed E-state index contributed by atoms with van der Waals surface area (Å²) < 4.78 is 0. The van der Waals surface area contributed by atoms with E-state index in [0.29, 0.717) is 0 Å². The number of hydrogen-bond acceptors (Lipinski definition) is 3. The van der Waals surface area contributed by atoms with Crippen LogP contribution in [-0.4, -0.2) is 5.11 Å². The van der Waals surface area contributed by atoms with Crippen molar-refractivity contribution in [2.75, 3.05) is 0 Å². The van der Waals surface area contributed by atoms with Gasteiger partial charge in [-0.1, -0.05) is 6.07 Å². The Morgan fingerprint density at radius 3 is 3.00 bits per heavy atom. The largest absolute Gasteiger partial charge is 0.384 e. The fourth-order valence-corrected chi connectivity index (χ4v) is 1.61. The summed E-state index contributed by atoms with van der Waals surface area (Å²) >= 11 is 1.47. The van der Waals surface area contributed by atoms with Crippen LogP contribution in [0.15, 0.2) is 17.5 Å². The summed E-state index contributed by atoms with van der Waals surface area (Å²) in [5.41, 5.74) is -0.969. The molecule has 11 heavy (non-hydrogen) atoms. The highest BCUT2D eigenvalue weighted by Gasteiger charge is 2.23. The topological polar surface area (TPSA) is 44.0 Å². The smallest absolute Gasteiger partial charge is 0.109 e. The Kier molecular flexibility index (Phi) is 2.28. The van der Waals surface area contributed by atoms with Crippen LogP contribution < -0.4 is 0 Å². The molecule has 0 amide bonds. The van der Waals surface area contributed by atoms with Gasteiger partial charge in [0, 0.05) is 4.88 Å². The second-order valence-corrected chi connectivity index (χ2v) is 3.53. The summed E-state index contributed by atoms with van der Waals surface area (Å²) in [5, 5.41) is 19.9. The molecule has 1 atom stereocenters. The third kappa shape index (κ3) is 1.79. The Bertz CT molecular complexity index is 258. The highest BCUT2D eigenvalue weighted by molar-refractivity contribution is 7.10. The van der Waals surface area contributed by atoms with Gasteiger partial charge >= 0.3 is 0 Å². The predicted molar refractivity (Wildman–Crippen MR) is 44.1 cm³/mol. The molecule has 1 rings (SSSR count). The normalized spacial score (nSPS) is 15.4. The van der Waals surface area contributed by atoms with Crippen LogP contribution in [0.2, 0.25) is 0 Å². The Morgan fingerprint density at radius 1 is 1.82 bits per heavy atom. The Labute approximate surface area is 69.7 Å². The third-order valence-corrected chi connectivity index (χ3v) is 2.60. The summed E-state index contributed by atoms with van der Waals surface area (Å²) in [7, 11) is 0. The lowest BCUT2D eigenvalue weighted by Gasteiger charge is -2.17. The highest BCUT2D eigenvalue weighted by Crippen LogP contribution is 2.27. The number of nitriles is 1. The van der Waals surface area contributed by atoms with Crippen molar-refractivity contribution in [3.8, 4) is 6.07 Å². The van der Waals surface area contributed by atoms with E-state index in [1.165, 1.54) is 11.3 Å². The van der Waals surface area contributed by atoms with Crippen molar-refractivity contribution in [1.29, 1.82) is 5.26 Å². The molecule has 1 heterocycles. The maximum Gasteiger partial charge on any atom is 0.109 e. The third-order valence-electron chi connectivity index (χ3n) is 1.48. The minimum absolute atomic E-state index is 0.146. The minimum atomic E-state index is -0.969. The summed E-state index contributed by atoms with van der Waals surface area (Å²) in [6, 6.07) is 5.66. The van der Waals surface area contributed by atoms with Gasteiger partial charge in [-0.25, -0.2) is 0 Å². The quantitative estimate of drug-likeness (QED) is 0.730. The molecule has 0 saturated carbocycles. The molecule has 2 nitrogen and oxygen atoms in total. The first-order chi connectivity index (χ1) is 5.17. The maximum atomic E-state index is 9.66. The molecule has 0 aliphatic heterocycles. The average Bonchev–Trinajstić information content (AvgIpc) is 2.37. The minimum Gasteiger partial charge on any atom is -0.384 e. The van der Waals surface area contributed by atoms with E-state index >= 15 is 0 Å². The molecule has 0 radical (unpaired) electrons. The van der Waals surface area contributed by atoms with Crippen LogP contribution in [0.5, 0.6) is 0 Å². The summed E-state index contributed by atoms with van der Waals surface area (Å²) in [5.74, 6) is 0. The van der Waals surface area contributed by atoms with Crippen molar-refractivity contribution in [3.05, 3.63) is 22.4 Å². The molecular formula is C8H9NOS. The number of rotatable bonds is 2. The van der Waals surface area contributed by atoms with Crippen molar-refractivity contribution in [2.45, 2.75) is 18.9 Å². The SMILES string of the molecule is CC(O)(CC#N)c1cccs1. The molecule has 1 N–H and O–H groups in total. The van der Waals surface area contributed by atoms with E-state index in [1.807, 2.05) is 23.6 Å². The number of thiophene rings is 1. The maximum absolute atomic E-state index is 9.66. The molecular weight excluding hydrogens is 158 g/mol. The zero-order valence-corrected chi connectivity index (χ0v) is 7.06. The van der Waals surface area contributed by atoms with Crippen LogP contribution in [0.1, 0.15) is 18.2 Å². The second-order valence-electron chi connectivity index (χ2n) is 2.59. The van der Waals surface area contributed by atoms with Crippen molar-refractivity contribution < 1.29 is 5.11 Å². The van der Waals surface area contributed by atoms with Gasteiger partial charge in [-0.15, -0.1) is 11.3 Å². The molecule has 0 aliphatic carbocycles. The van der Waals surface area contributed by atoms with Gasteiger partial charge in [-0.3, -0.25) is 0 Å². The molecule has 58 valence electrons. The standard InChI is InChI=1S/C8H9NOS/c1-8(10,4-5-9)7-3-2-6-11-7/h2-3,6,10H,4H2,1H3. The van der Waals surface area contributed by atoms with Crippen LogP contribution in [0.3, 0.4) is 0 Å². The first kappa shape index (κ1) is 8.25. The van der Waals surface area contributed by atoms with Crippen LogP contribution >= 0.6 is 11.3 Å². The molecule has 0 aliphatic rings. The van der Waals surface area contributed by atoms with E-state index in [-0.39, 0.29) is 6.42 Å². The molecule has 0 aromatic carbocycles. The van der Waals surface area contributed by atoms with Gasteiger partial charge in [0.25, 0.3) is 0 Å². The van der Waals surface area contributed by atoms with Gasteiger partial charge in [-0.05, 0) is 18.4 Å². The van der Waals surface area contributed by atoms with Gasteiger partial charge in [0.15, 0.2) is 0 Å². The lowest BCUT2D eigenvalue weighted by molar-refractivity contribution is 0.0663. The van der Waals surface area contributed by atoms with E-state index < -0.39 is 5.60 Å². The lowest BCUT2D eigenvalue weighted by Crippen LogP contribution is -2.18. The Morgan fingerprint density at radius 2 is 2.55 bits per heavy atom. The molecule has 0 bridgehead atoms. The van der Waals surface area contributed by atoms with Gasteiger partial charge in [0.05, 0.1) is 12.5 Å². The highest BCUT2D eigenvalue weighted by atomic mass is 32.1. The molecule has 0 fully saturated rings. The zero-order valence-electron chi connectivity index (χ0n) is 6.24. The van der Waals surface area contributed by atoms with Gasteiger partial charge < -0.3 is 5.11 Å². The van der Waals surface area contributed by atoms with Gasteiger partial charge in [-0.2, -0.15) is 5.26 Å². The molecule has 0 spiro atoms. The Hall–Kier alpha value is -0.850. The van der Waals surface area contributed by atoms with Crippen LogP contribution in [0.25, 0.3) is 0 Å². The molecule has 1 aromatic rings. The van der Waals surface area contributed by atoms with Crippen molar-refractivity contribution in [1.82, 2.24) is 0 Å². The second kappa shape index (κ2) is 3.04. The Balaban J connectivity index is 2.83. The number of nitrogens with zero attached hydrogens (tertiary/aromatic N) is 1. The molecule has 0 saturated heterocycles. The monoisotopic (exact) mass is 167 g/mol. The van der Waals surface area contributed by atoms with E-state index in [9.17, 15) is 5.11 Å². The summed E-state index contributed by atoms with van der Waals surface area (Å²) in [4.78, 5) is 0.846. The number of aliphatic hydroxyl groups is 1. The molecule has 3 heteroatoms. The van der Waals surface area contributed by atoms with Crippen molar-refractivity contribution >= 4 is 11.3 Å². The van der Waals surface area contributed by atoms with E-state index in [0.717, 1.165) is 4.88 Å². The van der Waals surface area contributed by atoms with E-state index in [4.69, 9.17) is 5.26 Å². The first-order valence-corrected chi connectivity index (χ1v) is 4.18. The number of hydrogen-bond donors (Lipinski definition) is 1. The first-order valence-electron chi connectivity index (χ1n) is 3.30. The fourth-order valence-electron chi connectivity index (χ4n) is 0.826. The fraction of sp³-hybridized carbons (Fsp3) is 0.375. The molecule has 1 aromatic heterocycles. The van der Waals surface area contributed by atoms with Crippen molar-refractivity contribution in [3.63, 3.8) is 0 Å². The average molecular weight is 167 g/mol. The predicted octanol–water partition coefficient (Wildman–Crippen LogP) is 1.87. The van der Waals surface area contributed by atoms with Crippen molar-refractivity contribution in [2.24, 2.45) is 0 Å². The van der Waals surface area contributed by atoms with Gasteiger partial charge in [0.1, 0.15) is 5.60 Å². The molecule has 1 unspecified atom stereocenters. The summed E-state index contributed by atoms with van der Waals surface area (Å²) in [6.07, 6.45) is 0.146. The van der Waals surface area contributed by atoms with Crippen LogP contribution in [0.4, 0.5) is 0 Å². The summed E-state index contributed by atoms with van der Waals surface area (Å²) in [6.45, 7) is 1.65. The van der Waals surface area contributed by atoms with Crippen LogP contribution in [0, 0.1) is 11.3 Å². The zero-order chi connectivity index (χ0) is 8.32. The van der Waals surface area contributed by atoms with Gasteiger partial charge in [0.2, 0.25) is 0 Å². The van der Waals surface area contributed by atoms with Crippen LogP contribution in [-0.2, 0) is 5.60 Å².